The van der Waals surface area contributed by atoms with Gasteiger partial charge in [-0.05, 0) is 36.8 Å². The van der Waals surface area contributed by atoms with Crippen molar-refractivity contribution in [1.29, 1.82) is 0 Å². The molecule has 2 heteroatoms. The number of aromatic nitrogens is 2. The molecule has 0 saturated heterocycles. The van der Waals surface area contributed by atoms with E-state index in [-0.39, 0.29) is 5.41 Å². The molecule has 160 valence electrons. The second-order valence-electron chi connectivity index (χ2n) is 8.91. The van der Waals surface area contributed by atoms with E-state index in [0.717, 1.165) is 13.0 Å². The Balaban J connectivity index is 1.91. The predicted molar refractivity (Wildman–Crippen MR) is 127 cm³/mol. The van der Waals surface area contributed by atoms with Crippen LogP contribution in [0.25, 0.3) is 0 Å². The van der Waals surface area contributed by atoms with Gasteiger partial charge in [-0.3, -0.25) is 0 Å². The van der Waals surface area contributed by atoms with E-state index in [9.17, 15) is 0 Å². The number of imidazole rings is 1. The van der Waals surface area contributed by atoms with Crippen LogP contribution in [0.2, 0.25) is 0 Å². The van der Waals surface area contributed by atoms with Gasteiger partial charge in [0.05, 0.1) is 6.54 Å². The zero-order valence-corrected chi connectivity index (χ0v) is 19.1. The molecule has 2 atom stereocenters. The Morgan fingerprint density at radius 3 is 2.23 bits per heavy atom. The second-order valence-corrected chi connectivity index (χ2v) is 8.91. The van der Waals surface area contributed by atoms with Crippen molar-refractivity contribution in [3.8, 4) is 0 Å². The van der Waals surface area contributed by atoms with E-state index in [0.29, 0.717) is 6.04 Å². The summed E-state index contributed by atoms with van der Waals surface area (Å²) in [7, 11) is 0. The molecule has 3 aromatic rings. The maximum Gasteiger partial charge on any atom is 0.244 e. The minimum atomic E-state index is 0.0255. The van der Waals surface area contributed by atoms with Gasteiger partial charge < -0.3 is 0 Å². The van der Waals surface area contributed by atoms with Crippen molar-refractivity contribution >= 4 is 0 Å². The van der Waals surface area contributed by atoms with E-state index in [1.54, 1.807) is 0 Å². The predicted octanol–water partition coefficient (Wildman–Crippen LogP) is 6.90. The highest BCUT2D eigenvalue weighted by Gasteiger charge is 2.39. The van der Waals surface area contributed by atoms with Crippen LogP contribution >= 0.6 is 0 Å². The minimum Gasteiger partial charge on any atom is -0.237 e. The normalized spacial score (nSPS) is 14.4. The van der Waals surface area contributed by atoms with Crippen LogP contribution in [0.5, 0.6) is 0 Å². The first-order valence-corrected chi connectivity index (χ1v) is 11.8. The highest BCUT2D eigenvalue weighted by atomic mass is 15.1. The molecular weight excluding hydrogens is 364 g/mol. The van der Waals surface area contributed by atoms with E-state index in [2.05, 4.69) is 109 Å². The molecule has 0 saturated carbocycles. The lowest BCUT2D eigenvalue weighted by Crippen LogP contribution is -2.37. The number of unbranched alkanes of at least 4 members (excludes halogenated alkanes) is 3. The van der Waals surface area contributed by atoms with Gasteiger partial charge >= 0.3 is 0 Å². The number of aryl methyl sites for hydroxylation is 1. The average molecular weight is 404 g/mol. The quantitative estimate of drug-likeness (QED) is 0.230. The minimum absolute atomic E-state index is 0.0255. The topological polar surface area (TPSA) is 8.81 Å². The van der Waals surface area contributed by atoms with Crippen LogP contribution in [0.15, 0.2) is 79.4 Å². The van der Waals surface area contributed by atoms with Crippen LogP contribution < -0.4 is 4.57 Å². The van der Waals surface area contributed by atoms with Gasteiger partial charge in [0.1, 0.15) is 18.4 Å². The van der Waals surface area contributed by atoms with Crippen molar-refractivity contribution in [2.45, 2.75) is 83.7 Å². The van der Waals surface area contributed by atoms with Gasteiger partial charge in [0.15, 0.2) is 0 Å². The number of nitrogens with zero attached hydrogens (tertiary/aromatic N) is 2. The van der Waals surface area contributed by atoms with Crippen LogP contribution in [0.4, 0.5) is 0 Å². The monoisotopic (exact) mass is 403 g/mol. The molecular formula is C28H39N2+. The largest absolute Gasteiger partial charge is 0.244 e. The Morgan fingerprint density at radius 1 is 0.867 bits per heavy atom. The highest BCUT2D eigenvalue weighted by molar-refractivity contribution is 5.30. The van der Waals surface area contributed by atoms with E-state index < -0.39 is 0 Å². The molecule has 0 amide bonds. The molecule has 1 aromatic heterocycles. The molecule has 0 aliphatic heterocycles. The summed E-state index contributed by atoms with van der Waals surface area (Å²) >= 11 is 0. The van der Waals surface area contributed by atoms with Crippen molar-refractivity contribution in [1.82, 2.24) is 4.57 Å². The third-order valence-electron chi connectivity index (χ3n) is 6.49. The van der Waals surface area contributed by atoms with Gasteiger partial charge in [0.2, 0.25) is 6.33 Å². The number of rotatable bonds is 12. The summed E-state index contributed by atoms with van der Waals surface area (Å²) in [5.74, 6) is 0. The zero-order valence-electron chi connectivity index (χ0n) is 19.1. The van der Waals surface area contributed by atoms with Gasteiger partial charge in [-0.25, -0.2) is 9.13 Å². The summed E-state index contributed by atoms with van der Waals surface area (Å²) < 4.78 is 4.87. The standard InChI is InChI=1S/C28H39N2/c1-4-6-7-14-20-29-21-22-30(24-29)27(15-5-2)28(3,26-18-12-9-13-19-26)23-25-16-10-8-11-17-25/h8-13,16-19,21-22,24,27H,4-7,14-15,20,23H2,1-3H3/q+1. The summed E-state index contributed by atoms with van der Waals surface area (Å²) in [6, 6.07) is 22.5. The lowest BCUT2D eigenvalue weighted by Gasteiger charge is -2.36. The molecule has 0 fully saturated rings. The Hall–Kier alpha value is -2.35. The SMILES string of the molecule is CCCCCC[n+]1ccn(C(CCC)C(C)(Cc2ccccc2)c2ccccc2)c1. The first kappa shape index (κ1) is 22.3. The molecule has 2 unspecified atom stereocenters. The van der Waals surface area contributed by atoms with Crippen LogP contribution in [0.1, 0.15) is 76.5 Å². The Kier molecular flexibility index (Phi) is 8.30. The fourth-order valence-corrected chi connectivity index (χ4v) is 4.77. The molecule has 2 aromatic carbocycles. The molecule has 3 rings (SSSR count). The molecule has 0 aliphatic carbocycles. The molecule has 0 spiro atoms. The molecule has 0 N–H and O–H groups in total. The fourth-order valence-electron chi connectivity index (χ4n) is 4.77. The molecule has 2 nitrogen and oxygen atoms in total. The smallest absolute Gasteiger partial charge is 0.237 e. The van der Waals surface area contributed by atoms with Crippen LogP contribution in [-0.2, 0) is 18.4 Å². The molecule has 1 heterocycles. The summed E-state index contributed by atoms with van der Waals surface area (Å²) in [6.45, 7) is 8.16. The lowest BCUT2D eigenvalue weighted by atomic mass is 9.70. The van der Waals surface area contributed by atoms with Gasteiger partial charge in [0.25, 0.3) is 0 Å². The summed E-state index contributed by atoms with van der Waals surface area (Å²) in [4.78, 5) is 0. The van der Waals surface area contributed by atoms with E-state index in [4.69, 9.17) is 0 Å². The summed E-state index contributed by atoms with van der Waals surface area (Å²) in [5.41, 5.74) is 2.86. The number of hydrogen-bond donors (Lipinski definition) is 0. The molecule has 30 heavy (non-hydrogen) atoms. The van der Waals surface area contributed by atoms with Gasteiger partial charge in [-0.2, -0.15) is 0 Å². The van der Waals surface area contributed by atoms with Crippen LogP contribution in [-0.4, -0.2) is 4.57 Å². The Labute approximate surface area is 183 Å². The van der Waals surface area contributed by atoms with Crippen molar-refractivity contribution in [3.05, 3.63) is 90.5 Å². The fraction of sp³-hybridized carbons (Fsp3) is 0.464. The Morgan fingerprint density at radius 2 is 1.57 bits per heavy atom. The van der Waals surface area contributed by atoms with Gasteiger partial charge in [-0.1, -0.05) is 101 Å². The maximum absolute atomic E-state index is 2.49. The van der Waals surface area contributed by atoms with E-state index in [1.165, 1.54) is 49.7 Å². The number of benzene rings is 2. The van der Waals surface area contributed by atoms with Crippen molar-refractivity contribution in [2.75, 3.05) is 0 Å². The first-order valence-electron chi connectivity index (χ1n) is 11.8. The second kappa shape index (κ2) is 11.2. The van der Waals surface area contributed by atoms with E-state index in [1.807, 2.05) is 0 Å². The summed E-state index contributed by atoms with van der Waals surface area (Å²) in [5, 5.41) is 0. The highest BCUT2D eigenvalue weighted by Crippen LogP contribution is 2.41. The van der Waals surface area contributed by atoms with Gasteiger partial charge in [0, 0.05) is 5.41 Å². The maximum atomic E-state index is 2.49. The number of hydrogen-bond acceptors (Lipinski definition) is 0. The van der Waals surface area contributed by atoms with Gasteiger partial charge in [-0.15, -0.1) is 0 Å². The van der Waals surface area contributed by atoms with Crippen LogP contribution in [0, 0.1) is 0 Å². The lowest BCUT2D eigenvalue weighted by molar-refractivity contribution is -0.697. The third-order valence-corrected chi connectivity index (χ3v) is 6.49. The molecule has 0 aliphatic rings. The molecule has 0 radical (unpaired) electrons. The Bertz CT molecular complexity index is 853. The van der Waals surface area contributed by atoms with Crippen molar-refractivity contribution in [3.63, 3.8) is 0 Å². The zero-order chi connectivity index (χ0) is 21.2. The van der Waals surface area contributed by atoms with Crippen LogP contribution in [0.3, 0.4) is 0 Å². The average Bonchev–Trinajstić information content (AvgIpc) is 3.24. The molecule has 0 bridgehead atoms. The van der Waals surface area contributed by atoms with Crippen molar-refractivity contribution in [2.24, 2.45) is 0 Å². The van der Waals surface area contributed by atoms with E-state index >= 15 is 0 Å². The third kappa shape index (κ3) is 5.62. The first-order chi connectivity index (χ1) is 14.7. The summed E-state index contributed by atoms with van der Waals surface area (Å²) in [6.07, 6.45) is 15.5. The van der Waals surface area contributed by atoms with Crippen molar-refractivity contribution < 1.29 is 4.57 Å².